The molecule has 1 amide bonds. The molecule has 2 rings (SSSR count). The number of aromatic hydroxyl groups is 1. The van der Waals surface area contributed by atoms with E-state index in [0.717, 1.165) is 38.3 Å². The van der Waals surface area contributed by atoms with Gasteiger partial charge in [0.05, 0.1) is 0 Å². The lowest BCUT2D eigenvalue weighted by Crippen LogP contribution is -2.38. The van der Waals surface area contributed by atoms with E-state index in [2.05, 4.69) is 45.2 Å². The van der Waals surface area contributed by atoms with Crippen molar-refractivity contribution in [2.24, 2.45) is 4.99 Å². The van der Waals surface area contributed by atoms with Crippen molar-refractivity contribution in [3.05, 3.63) is 65.7 Å². The lowest BCUT2D eigenvalue weighted by Gasteiger charge is -2.11. The summed E-state index contributed by atoms with van der Waals surface area (Å²) in [4.78, 5) is 16.5. The fourth-order valence-electron chi connectivity index (χ4n) is 2.71. The second-order valence-corrected chi connectivity index (χ2v) is 6.44. The number of carbonyl (C=O) groups is 1. The number of nitrogens with one attached hydrogen (secondary N) is 3. The van der Waals surface area contributed by atoms with Crippen molar-refractivity contribution in [3.8, 4) is 5.75 Å². The molecule has 7 heteroatoms. The molecule has 0 heterocycles. The summed E-state index contributed by atoms with van der Waals surface area (Å²) < 4.78 is 0. The molecule has 0 unspecified atom stereocenters. The van der Waals surface area contributed by atoms with Crippen LogP contribution in [0.4, 0.5) is 0 Å². The molecule has 0 spiro atoms. The van der Waals surface area contributed by atoms with Gasteiger partial charge in [-0.2, -0.15) is 0 Å². The topological polar surface area (TPSA) is 85.8 Å². The van der Waals surface area contributed by atoms with E-state index >= 15 is 0 Å². The Morgan fingerprint density at radius 2 is 1.72 bits per heavy atom. The average Bonchev–Trinajstić information content (AvgIpc) is 2.71. The van der Waals surface area contributed by atoms with Gasteiger partial charge >= 0.3 is 0 Å². The molecule has 0 atom stereocenters. The highest BCUT2D eigenvalue weighted by Crippen LogP contribution is 2.10. The number of nitrogens with zero attached hydrogens (tertiary/aromatic N) is 1. The molecule has 0 aromatic heterocycles. The molecule has 158 valence electrons. The third-order valence-corrected chi connectivity index (χ3v) is 4.12. The molecule has 0 aliphatic heterocycles. The fourth-order valence-corrected chi connectivity index (χ4v) is 2.71. The number of benzene rings is 2. The van der Waals surface area contributed by atoms with Gasteiger partial charge in [-0.15, -0.1) is 24.0 Å². The van der Waals surface area contributed by atoms with E-state index in [-0.39, 0.29) is 35.6 Å². The summed E-state index contributed by atoms with van der Waals surface area (Å²) in [6.45, 7) is 4.85. The Bertz CT molecular complexity index is 753. The van der Waals surface area contributed by atoms with Crippen molar-refractivity contribution in [1.29, 1.82) is 0 Å². The van der Waals surface area contributed by atoms with E-state index in [1.807, 2.05) is 13.0 Å². The minimum absolute atomic E-state index is 0. The van der Waals surface area contributed by atoms with Gasteiger partial charge in [0.1, 0.15) is 5.75 Å². The predicted molar refractivity (Wildman–Crippen MR) is 129 cm³/mol. The number of halogens is 1. The largest absolute Gasteiger partial charge is 0.508 e. The number of carbonyl (C=O) groups excluding carboxylic acids is 1. The number of phenols is 1. The smallest absolute Gasteiger partial charge is 0.251 e. The van der Waals surface area contributed by atoms with Crippen molar-refractivity contribution in [1.82, 2.24) is 16.0 Å². The van der Waals surface area contributed by atoms with Gasteiger partial charge in [0.25, 0.3) is 5.91 Å². The van der Waals surface area contributed by atoms with Crippen molar-refractivity contribution < 1.29 is 9.90 Å². The summed E-state index contributed by atoms with van der Waals surface area (Å²) in [6, 6.07) is 16.8. The van der Waals surface area contributed by atoms with Crippen LogP contribution in [0.15, 0.2) is 59.6 Å². The second-order valence-electron chi connectivity index (χ2n) is 6.44. The Hall–Kier alpha value is -2.29. The van der Waals surface area contributed by atoms with E-state index in [1.54, 1.807) is 18.2 Å². The number of aliphatic imine (C=N–C) groups is 1. The van der Waals surface area contributed by atoms with Gasteiger partial charge in [0, 0.05) is 31.7 Å². The first-order chi connectivity index (χ1) is 13.7. The molecule has 0 fully saturated rings. The number of aryl methyl sites for hydroxylation is 1. The third kappa shape index (κ3) is 10.2. The molecule has 0 radical (unpaired) electrons. The fraction of sp³-hybridized carbons (Fsp3) is 0.364. The van der Waals surface area contributed by atoms with Crippen molar-refractivity contribution in [3.63, 3.8) is 0 Å². The molecule has 0 aliphatic rings. The molecule has 0 saturated heterocycles. The predicted octanol–water partition coefficient (Wildman–Crippen LogP) is 3.32. The van der Waals surface area contributed by atoms with E-state index in [1.165, 1.54) is 11.6 Å². The Balaban J connectivity index is 0.00000420. The number of hydrogen-bond acceptors (Lipinski definition) is 3. The maximum atomic E-state index is 12.0. The maximum Gasteiger partial charge on any atom is 0.251 e. The monoisotopic (exact) mass is 510 g/mol. The van der Waals surface area contributed by atoms with Gasteiger partial charge < -0.3 is 21.1 Å². The summed E-state index contributed by atoms with van der Waals surface area (Å²) in [7, 11) is 0. The molecule has 29 heavy (non-hydrogen) atoms. The number of rotatable bonds is 10. The lowest BCUT2D eigenvalue weighted by molar-refractivity contribution is 0.0953. The Morgan fingerprint density at radius 1 is 0.966 bits per heavy atom. The molecule has 0 saturated carbocycles. The molecule has 0 bridgehead atoms. The Labute approximate surface area is 190 Å². The van der Waals surface area contributed by atoms with Crippen LogP contribution in [0.1, 0.15) is 35.7 Å². The quantitative estimate of drug-likeness (QED) is 0.171. The average molecular weight is 510 g/mol. The molecule has 4 N–H and O–H groups in total. The highest BCUT2D eigenvalue weighted by Gasteiger charge is 2.05. The van der Waals surface area contributed by atoms with Crippen LogP contribution in [0.3, 0.4) is 0 Å². The van der Waals surface area contributed by atoms with E-state index in [4.69, 9.17) is 0 Å². The summed E-state index contributed by atoms with van der Waals surface area (Å²) in [5.41, 5.74) is 1.80. The standard InChI is InChI=1S/C22H30N4O2.HI/c1-2-23-22(25-14-7-11-18-9-4-3-5-10-18)26-16-8-15-24-21(28)19-12-6-13-20(27)17-19;/h3-6,9-10,12-13,17,27H,2,7-8,11,14-16H2,1H3,(H,24,28)(H2,23,25,26);1H. The molecular weight excluding hydrogens is 479 g/mol. The van der Waals surface area contributed by atoms with Crippen LogP contribution < -0.4 is 16.0 Å². The van der Waals surface area contributed by atoms with E-state index in [9.17, 15) is 9.90 Å². The minimum atomic E-state index is -0.189. The first-order valence-corrected chi connectivity index (χ1v) is 9.82. The summed E-state index contributed by atoms with van der Waals surface area (Å²) in [5.74, 6) is 0.701. The van der Waals surface area contributed by atoms with Crippen LogP contribution in [-0.4, -0.2) is 43.2 Å². The van der Waals surface area contributed by atoms with Crippen LogP contribution in [0.2, 0.25) is 0 Å². The lowest BCUT2D eigenvalue weighted by atomic mass is 10.1. The Morgan fingerprint density at radius 3 is 2.45 bits per heavy atom. The Kier molecular flexibility index (Phi) is 12.5. The van der Waals surface area contributed by atoms with Crippen LogP contribution in [0, 0.1) is 0 Å². The highest BCUT2D eigenvalue weighted by atomic mass is 127. The van der Waals surface area contributed by atoms with Crippen LogP contribution in [0.5, 0.6) is 5.75 Å². The number of phenolic OH excluding ortho intramolecular Hbond substituents is 1. The summed E-state index contributed by atoms with van der Waals surface area (Å²) in [6.07, 6.45) is 2.81. The summed E-state index contributed by atoms with van der Waals surface area (Å²) in [5, 5.41) is 18.9. The third-order valence-electron chi connectivity index (χ3n) is 4.12. The van der Waals surface area contributed by atoms with Gasteiger partial charge in [-0.3, -0.25) is 9.79 Å². The second kappa shape index (κ2) is 14.7. The molecule has 0 aliphatic carbocycles. The zero-order chi connectivity index (χ0) is 20.0. The number of guanidine groups is 1. The molecule has 2 aromatic carbocycles. The van der Waals surface area contributed by atoms with Crippen molar-refractivity contribution in [2.45, 2.75) is 26.2 Å². The normalized spacial score (nSPS) is 10.7. The van der Waals surface area contributed by atoms with Gasteiger partial charge in [0.2, 0.25) is 0 Å². The van der Waals surface area contributed by atoms with Gasteiger partial charge in [0.15, 0.2) is 5.96 Å². The van der Waals surface area contributed by atoms with E-state index < -0.39 is 0 Å². The number of hydrogen-bond donors (Lipinski definition) is 4. The molecule has 6 nitrogen and oxygen atoms in total. The minimum Gasteiger partial charge on any atom is -0.508 e. The van der Waals surface area contributed by atoms with Gasteiger partial charge in [-0.05, 0) is 49.9 Å². The van der Waals surface area contributed by atoms with Crippen LogP contribution >= 0.6 is 24.0 Å². The zero-order valence-electron chi connectivity index (χ0n) is 16.9. The van der Waals surface area contributed by atoms with Crippen molar-refractivity contribution >= 4 is 35.8 Å². The molecule has 2 aromatic rings. The summed E-state index contributed by atoms with van der Waals surface area (Å²) >= 11 is 0. The van der Waals surface area contributed by atoms with Gasteiger partial charge in [-0.25, -0.2) is 0 Å². The van der Waals surface area contributed by atoms with Crippen molar-refractivity contribution in [2.75, 3.05) is 26.2 Å². The van der Waals surface area contributed by atoms with E-state index in [0.29, 0.717) is 18.7 Å². The number of amides is 1. The highest BCUT2D eigenvalue weighted by molar-refractivity contribution is 14.0. The zero-order valence-corrected chi connectivity index (χ0v) is 19.2. The first kappa shape index (κ1) is 24.7. The maximum absolute atomic E-state index is 12.0. The van der Waals surface area contributed by atoms with Crippen LogP contribution in [0.25, 0.3) is 0 Å². The SMILES string of the molecule is CCNC(=NCCCNC(=O)c1cccc(O)c1)NCCCc1ccccc1.I. The first-order valence-electron chi connectivity index (χ1n) is 9.82. The van der Waals surface area contributed by atoms with Gasteiger partial charge in [-0.1, -0.05) is 36.4 Å². The molecular formula is C22H31IN4O2. The van der Waals surface area contributed by atoms with Crippen LogP contribution in [-0.2, 0) is 6.42 Å².